The molecule has 0 spiro atoms. The van der Waals surface area contributed by atoms with Crippen molar-refractivity contribution >= 4 is 82.4 Å². The van der Waals surface area contributed by atoms with E-state index in [-0.39, 0.29) is 103 Å². The molecular formula is H7AlClMgMoNa. The first-order valence-corrected chi connectivity index (χ1v) is 0. The molecule has 0 saturated heterocycles. The predicted molar refractivity (Wildman–Crippen MR) is 32.9 cm³/mol. The SMILES string of the molecule is Cl.[AlH3].[MgH2].[Mo].[NaH]. The molecule has 0 radical (unpaired) electrons. The van der Waals surface area contributed by atoms with Gasteiger partial charge in [0.2, 0.25) is 0 Å². The average Bonchev–Trinajstić information content (AvgIpc) is 0. The summed E-state index contributed by atoms with van der Waals surface area (Å²) in [5.41, 5.74) is 0. The fourth-order valence-corrected chi connectivity index (χ4v) is 0. The van der Waals surface area contributed by atoms with Crippen LogP contribution in [0.15, 0.2) is 0 Å². The summed E-state index contributed by atoms with van der Waals surface area (Å²) in [6.07, 6.45) is 0. The van der Waals surface area contributed by atoms with Gasteiger partial charge in [0.05, 0.1) is 0 Å². The van der Waals surface area contributed by atoms with Gasteiger partial charge in [-0.25, -0.2) is 0 Å². The van der Waals surface area contributed by atoms with Gasteiger partial charge in [-0.3, -0.25) is 0 Å². The van der Waals surface area contributed by atoms with Gasteiger partial charge in [-0.05, 0) is 0 Å². The average molecular weight is 213 g/mol. The number of halogens is 1. The molecule has 0 saturated carbocycles. The molecule has 0 unspecified atom stereocenters. The van der Waals surface area contributed by atoms with E-state index in [4.69, 9.17) is 0 Å². The van der Waals surface area contributed by atoms with Crippen LogP contribution in [0.1, 0.15) is 0 Å². The Balaban J connectivity index is 0. The minimum atomic E-state index is 0. The second-order valence-electron chi connectivity index (χ2n) is 0. The van der Waals surface area contributed by atoms with Gasteiger partial charge in [0.15, 0.2) is 17.4 Å². The molecule has 0 heterocycles. The van der Waals surface area contributed by atoms with Crippen molar-refractivity contribution in [2.24, 2.45) is 0 Å². The van der Waals surface area contributed by atoms with E-state index < -0.39 is 0 Å². The number of rotatable bonds is 0. The molecule has 0 fully saturated rings. The normalized spacial score (nSPS) is 0. The molecule has 0 N–H and O–H groups in total. The van der Waals surface area contributed by atoms with Crippen LogP contribution in [0.2, 0.25) is 0 Å². The Hall–Kier alpha value is 3.28. The Bertz CT molecular complexity index is 11.6. The monoisotopic (exact) mass is 214 g/mol. The quantitative estimate of drug-likeness (QED) is 0.396. The van der Waals surface area contributed by atoms with Crippen molar-refractivity contribution in [3.8, 4) is 0 Å². The zero-order valence-electron chi connectivity index (χ0n) is 0.816. The third-order valence-corrected chi connectivity index (χ3v) is 0. The maximum absolute atomic E-state index is 0. The van der Waals surface area contributed by atoms with Crippen molar-refractivity contribution in [1.29, 1.82) is 0 Å². The summed E-state index contributed by atoms with van der Waals surface area (Å²) in [4.78, 5) is 0. The van der Waals surface area contributed by atoms with Gasteiger partial charge in [0.25, 0.3) is 0 Å². The number of hydrogen-bond acceptors (Lipinski definition) is 0. The van der Waals surface area contributed by atoms with Crippen LogP contribution in [-0.4, -0.2) is 70.0 Å². The molecule has 26 valence electrons. The van der Waals surface area contributed by atoms with Gasteiger partial charge < -0.3 is 0 Å². The summed E-state index contributed by atoms with van der Waals surface area (Å²) in [6.45, 7) is 0. The maximum atomic E-state index is 0. The third-order valence-electron chi connectivity index (χ3n) is 0. The van der Waals surface area contributed by atoms with Crippen molar-refractivity contribution < 1.29 is 21.1 Å². The van der Waals surface area contributed by atoms with Gasteiger partial charge in [0, 0.05) is 21.1 Å². The minimum absolute atomic E-state index is 0. The molecule has 0 aliphatic carbocycles. The molecular weight excluding hydrogens is 206 g/mol. The van der Waals surface area contributed by atoms with E-state index in [0.717, 1.165) is 0 Å². The second-order valence-corrected chi connectivity index (χ2v) is 0. The fourth-order valence-electron chi connectivity index (χ4n) is 0. The Labute approximate surface area is 101 Å². The zero-order chi connectivity index (χ0) is 0. The van der Waals surface area contributed by atoms with Gasteiger partial charge in [-0.2, -0.15) is 0 Å². The first-order valence-electron chi connectivity index (χ1n) is 0. The summed E-state index contributed by atoms with van der Waals surface area (Å²) in [5, 5.41) is 0. The summed E-state index contributed by atoms with van der Waals surface area (Å²) in [7, 11) is 0. The van der Waals surface area contributed by atoms with Crippen molar-refractivity contribution in [3.05, 3.63) is 0 Å². The Kier molecular flexibility index (Phi) is 218. The van der Waals surface area contributed by atoms with E-state index in [1.54, 1.807) is 0 Å². The second kappa shape index (κ2) is 26.7. The van der Waals surface area contributed by atoms with Crippen LogP contribution < -0.4 is 0 Å². The molecule has 0 atom stereocenters. The van der Waals surface area contributed by atoms with E-state index in [1.165, 1.54) is 0 Å². The summed E-state index contributed by atoms with van der Waals surface area (Å²) < 4.78 is 0. The van der Waals surface area contributed by atoms with Crippen molar-refractivity contribution in [2.75, 3.05) is 0 Å². The third kappa shape index (κ3) is 18.9. The van der Waals surface area contributed by atoms with Gasteiger partial charge in [0.1, 0.15) is 0 Å². The standard InChI is InChI=1S/Al.ClH.Mg.Mo.Na.6H/h;1H;;;;;;;;;. The summed E-state index contributed by atoms with van der Waals surface area (Å²) >= 11 is 0. The van der Waals surface area contributed by atoms with Crippen molar-refractivity contribution in [2.45, 2.75) is 0 Å². The van der Waals surface area contributed by atoms with E-state index >= 15 is 0 Å². The molecule has 0 aliphatic heterocycles. The van der Waals surface area contributed by atoms with Crippen molar-refractivity contribution in [1.82, 2.24) is 0 Å². The molecule has 0 aliphatic rings. The number of hydrogen-bond donors (Lipinski definition) is 0. The Morgan fingerprint density at radius 1 is 1.00 bits per heavy atom. The Morgan fingerprint density at radius 2 is 1.00 bits per heavy atom. The molecule has 0 nitrogen and oxygen atoms in total. The van der Waals surface area contributed by atoms with Crippen LogP contribution in [0.3, 0.4) is 0 Å². The molecule has 5 heavy (non-hydrogen) atoms. The van der Waals surface area contributed by atoms with E-state index in [9.17, 15) is 0 Å². The van der Waals surface area contributed by atoms with Crippen molar-refractivity contribution in [3.63, 3.8) is 0 Å². The summed E-state index contributed by atoms with van der Waals surface area (Å²) in [6, 6.07) is 0. The van der Waals surface area contributed by atoms with Gasteiger partial charge in [-0.15, -0.1) is 12.4 Å². The van der Waals surface area contributed by atoms with Gasteiger partial charge in [-0.1, -0.05) is 0 Å². The molecule has 0 aromatic heterocycles. The van der Waals surface area contributed by atoms with Crippen LogP contribution >= 0.6 is 12.4 Å². The van der Waals surface area contributed by atoms with Crippen LogP contribution in [0, 0.1) is 0 Å². The summed E-state index contributed by atoms with van der Waals surface area (Å²) in [5.74, 6) is 0. The van der Waals surface area contributed by atoms with Crippen LogP contribution in [0.25, 0.3) is 0 Å². The molecule has 0 aromatic carbocycles. The molecule has 0 rings (SSSR count). The molecule has 0 amide bonds. The molecule has 0 bridgehead atoms. The Morgan fingerprint density at radius 3 is 1.00 bits per heavy atom. The van der Waals surface area contributed by atoms with Crippen LogP contribution in [0.4, 0.5) is 0 Å². The topological polar surface area (TPSA) is 0 Å². The van der Waals surface area contributed by atoms with E-state index in [2.05, 4.69) is 0 Å². The first kappa shape index (κ1) is 40.8. The fraction of sp³-hybridized carbons (Fsp3) is 0. The van der Waals surface area contributed by atoms with Gasteiger partial charge >= 0.3 is 52.6 Å². The van der Waals surface area contributed by atoms with Crippen LogP contribution in [0.5, 0.6) is 0 Å². The van der Waals surface area contributed by atoms with E-state index in [1.807, 2.05) is 0 Å². The van der Waals surface area contributed by atoms with Crippen LogP contribution in [-0.2, 0) is 21.1 Å². The molecule has 5 heteroatoms. The zero-order valence-corrected chi connectivity index (χ0v) is 3.64. The first-order chi connectivity index (χ1) is 0. The van der Waals surface area contributed by atoms with E-state index in [0.29, 0.717) is 0 Å². The predicted octanol–water partition coefficient (Wildman–Crippen LogP) is -2.33. The molecule has 0 aromatic rings.